The molecule has 1 aromatic rings. The van der Waals surface area contributed by atoms with Crippen LogP contribution in [0, 0.1) is 0 Å². The molecule has 9 heteroatoms. The summed E-state index contributed by atoms with van der Waals surface area (Å²) in [5.74, 6) is -1.25. The highest BCUT2D eigenvalue weighted by Gasteiger charge is 2.40. The molecule has 30 heavy (non-hydrogen) atoms. The molecule has 2 fully saturated rings. The van der Waals surface area contributed by atoms with E-state index in [9.17, 15) is 19.2 Å². The minimum absolute atomic E-state index is 0.120. The zero-order valence-corrected chi connectivity index (χ0v) is 16.9. The molecule has 1 aliphatic carbocycles. The number of barbiturate groups is 1. The first-order valence-electron chi connectivity index (χ1n) is 9.72. The van der Waals surface area contributed by atoms with Crippen molar-refractivity contribution >= 4 is 29.9 Å². The van der Waals surface area contributed by atoms with Gasteiger partial charge in [0, 0.05) is 6.04 Å². The van der Waals surface area contributed by atoms with Crippen LogP contribution in [0.4, 0.5) is 4.79 Å². The van der Waals surface area contributed by atoms with Gasteiger partial charge in [-0.3, -0.25) is 19.8 Å². The van der Waals surface area contributed by atoms with E-state index in [2.05, 4.69) is 10.1 Å². The van der Waals surface area contributed by atoms with E-state index < -0.39 is 23.8 Å². The molecular formula is C21H24N2O7. The third kappa shape index (κ3) is 4.61. The Bertz CT molecular complexity index is 887. The molecule has 2 aliphatic rings. The summed E-state index contributed by atoms with van der Waals surface area (Å²) in [6, 6.07) is 3.87. The average molecular weight is 416 g/mol. The van der Waals surface area contributed by atoms with E-state index >= 15 is 0 Å². The van der Waals surface area contributed by atoms with Crippen LogP contribution in [0.5, 0.6) is 11.5 Å². The fourth-order valence-corrected chi connectivity index (χ4v) is 3.60. The minimum Gasteiger partial charge on any atom is -0.493 e. The van der Waals surface area contributed by atoms with Crippen molar-refractivity contribution in [3.63, 3.8) is 0 Å². The summed E-state index contributed by atoms with van der Waals surface area (Å²) in [6.07, 6.45) is 5.85. The lowest BCUT2D eigenvalue weighted by Gasteiger charge is -2.35. The van der Waals surface area contributed by atoms with Crippen molar-refractivity contribution in [1.29, 1.82) is 0 Å². The van der Waals surface area contributed by atoms with Crippen LogP contribution in [0.2, 0.25) is 0 Å². The fourth-order valence-electron chi connectivity index (χ4n) is 3.60. The number of imide groups is 2. The van der Waals surface area contributed by atoms with Gasteiger partial charge in [0.2, 0.25) is 0 Å². The molecule has 0 aromatic heterocycles. The number of urea groups is 1. The van der Waals surface area contributed by atoms with Crippen molar-refractivity contribution in [3.8, 4) is 11.5 Å². The van der Waals surface area contributed by atoms with Gasteiger partial charge in [-0.25, -0.2) is 9.59 Å². The molecule has 1 aromatic carbocycles. The van der Waals surface area contributed by atoms with Gasteiger partial charge < -0.3 is 14.2 Å². The van der Waals surface area contributed by atoms with Gasteiger partial charge in [-0.15, -0.1) is 0 Å². The fraction of sp³-hybridized carbons (Fsp3) is 0.429. The highest BCUT2D eigenvalue weighted by molar-refractivity contribution is 6.31. The Kier molecular flexibility index (Phi) is 6.71. The molecule has 160 valence electrons. The number of hydrogen-bond donors (Lipinski definition) is 1. The number of rotatable bonds is 6. The molecule has 0 radical (unpaired) electrons. The normalized spacial score (nSPS) is 18.9. The lowest BCUT2D eigenvalue weighted by molar-refractivity contribution is -0.143. The van der Waals surface area contributed by atoms with Crippen LogP contribution in [-0.2, 0) is 19.1 Å². The van der Waals surface area contributed by atoms with Crippen molar-refractivity contribution in [2.24, 2.45) is 0 Å². The smallest absolute Gasteiger partial charge is 0.343 e. The standard InChI is InChI=1S/C21H24N2O7/c1-28-17-11-13(8-9-16(17)30-12-18(24)29-2)10-15-19(25)22-21(27)23(20(15)26)14-6-4-3-5-7-14/h8-11,14H,3-7,12H2,1-2H3,(H,22,25,27). The molecular weight excluding hydrogens is 392 g/mol. The van der Waals surface area contributed by atoms with Crippen LogP contribution in [0.25, 0.3) is 6.08 Å². The van der Waals surface area contributed by atoms with Gasteiger partial charge in [0.05, 0.1) is 14.2 Å². The largest absolute Gasteiger partial charge is 0.493 e. The second-order valence-corrected chi connectivity index (χ2v) is 7.06. The highest BCUT2D eigenvalue weighted by atomic mass is 16.6. The summed E-state index contributed by atoms with van der Waals surface area (Å²) in [4.78, 5) is 50.0. The zero-order valence-electron chi connectivity index (χ0n) is 16.9. The summed E-state index contributed by atoms with van der Waals surface area (Å²) in [7, 11) is 2.69. The molecule has 0 spiro atoms. The molecule has 1 saturated heterocycles. The van der Waals surface area contributed by atoms with Crippen LogP contribution < -0.4 is 14.8 Å². The van der Waals surface area contributed by atoms with Crippen molar-refractivity contribution in [2.45, 2.75) is 38.1 Å². The second-order valence-electron chi connectivity index (χ2n) is 7.06. The first-order valence-corrected chi connectivity index (χ1v) is 9.72. The molecule has 0 atom stereocenters. The first kappa shape index (κ1) is 21.4. The average Bonchev–Trinajstić information content (AvgIpc) is 2.75. The van der Waals surface area contributed by atoms with E-state index in [1.807, 2.05) is 0 Å². The van der Waals surface area contributed by atoms with Crippen LogP contribution in [-0.4, -0.2) is 55.6 Å². The Morgan fingerprint density at radius 1 is 1.13 bits per heavy atom. The topological polar surface area (TPSA) is 111 Å². The number of benzene rings is 1. The van der Waals surface area contributed by atoms with Crippen molar-refractivity contribution in [2.75, 3.05) is 20.8 Å². The lowest BCUT2D eigenvalue weighted by atomic mass is 9.93. The Balaban J connectivity index is 1.84. The molecule has 0 unspecified atom stereocenters. The van der Waals surface area contributed by atoms with E-state index in [0.717, 1.165) is 37.0 Å². The summed E-state index contributed by atoms with van der Waals surface area (Å²) in [5.41, 5.74) is 0.388. The van der Waals surface area contributed by atoms with E-state index in [0.29, 0.717) is 17.1 Å². The number of ether oxygens (including phenoxy) is 3. The quantitative estimate of drug-likeness (QED) is 0.429. The molecule has 1 saturated carbocycles. The first-order chi connectivity index (χ1) is 14.4. The number of carbonyl (C=O) groups excluding carboxylic acids is 4. The zero-order chi connectivity index (χ0) is 21.7. The maximum atomic E-state index is 13.0. The number of carbonyl (C=O) groups is 4. The maximum Gasteiger partial charge on any atom is 0.343 e. The van der Waals surface area contributed by atoms with Gasteiger partial charge in [-0.1, -0.05) is 25.3 Å². The van der Waals surface area contributed by atoms with Crippen molar-refractivity contribution in [1.82, 2.24) is 10.2 Å². The summed E-state index contributed by atoms with van der Waals surface area (Å²) in [5, 5.41) is 2.26. The second kappa shape index (κ2) is 9.43. The number of esters is 1. The minimum atomic E-state index is -0.734. The Morgan fingerprint density at radius 2 is 1.87 bits per heavy atom. The Labute approximate surface area is 174 Å². The number of methoxy groups -OCH3 is 2. The van der Waals surface area contributed by atoms with E-state index in [1.165, 1.54) is 20.3 Å². The number of amides is 4. The van der Waals surface area contributed by atoms with Gasteiger partial charge in [0.15, 0.2) is 18.1 Å². The van der Waals surface area contributed by atoms with Gasteiger partial charge in [-0.2, -0.15) is 0 Å². The van der Waals surface area contributed by atoms with E-state index in [4.69, 9.17) is 9.47 Å². The SMILES string of the molecule is COC(=O)COc1ccc(C=C2C(=O)NC(=O)N(C3CCCCC3)C2=O)cc1OC. The third-order valence-electron chi connectivity index (χ3n) is 5.14. The van der Waals surface area contributed by atoms with Crippen molar-refractivity contribution < 1.29 is 33.4 Å². The molecule has 1 heterocycles. The molecule has 1 aliphatic heterocycles. The van der Waals surface area contributed by atoms with Gasteiger partial charge >= 0.3 is 12.0 Å². The summed E-state index contributed by atoms with van der Waals surface area (Å²) >= 11 is 0. The molecule has 4 amide bonds. The monoisotopic (exact) mass is 416 g/mol. The molecule has 3 rings (SSSR count). The maximum absolute atomic E-state index is 13.0. The molecule has 9 nitrogen and oxygen atoms in total. The van der Waals surface area contributed by atoms with Crippen LogP contribution in [0.1, 0.15) is 37.7 Å². The van der Waals surface area contributed by atoms with Gasteiger partial charge in [-0.05, 0) is 36.6 Å². The van der Waals surface area contributed by atoms with Gasteiger partial charge in [0.25, 0.3) is 11.8 Å². The number of hydrogen-bond acceptors (Lipinski definition) is 7. The van der Waals surface area contributed by atoms with Crippen LogP contribution in [0.15, 0.2) is 23.8 Å². The third-order valence-corrected chi connectivity index (χ3v) is 5.14. The van der Waals surface area contributed by atoms with E-state index in [-0.39, 0.29) is 18.2 Å². The predicted molar refractivity (Wildman–Crippen MR) is 106 cm³/mol. The summed E-state index contributed by atoms with van der Waals surface area (Å²) in [6.45, 7) is -0.285. The number of nitrogens with zero attached hydrogens (tertiary/aromatic N) is 1. The lowest BCUT2D eigenvalue weighted by Crippen LogP contribution is -2.58. The van der Waals surface area contributed by atoms with Crippen LogP contribution in [0.3, 0.4) is 0 Å². The Hall–Kier alpha value is -3.36. The van der Waals surface area contributed by atoms with Crippen LogP contribution >= 0.6 is 0 Å². The molecule has 0 bridgehead atoms. The number of nitrogens with one attached hydrogen (secondary N) is 1. The summed E-state index contributed by atoms with van der Waals surface area (Å²) < 4.78 is 15.2. The van der Waals surface area contributed by atoms with Crippen molar-refractivity contribution in [3.05, 3.63) is 29.3 Å². The van der Waals surface area contributed by atoms with Gasteiger partial charge in [0.1, 0.15) is 5.57 Å². The van der Waals surface area contributed by atoms with E-state index in [1.54, 1.807) is 18.2 Å². The highest BCUT2D eigenvalue weighted by Crippen LogP contribution is 2.30. The predicted octanol–water partition coefficient (Wildman–Crippen LogP) is 2.04. The molecule has 1 N–H and O–H groups in total. The Morgan fingerprint density at radius 3 is 2.53 bits per heavy atom.